The van der Waals surface area contributed by atoms with Crippen LogP contribution in [0.1, 0.15) is 49.9 Å². The maximum Gasteiger partial charge on any atom is 0.0540 e. The van der Waals surface area contributed by atoms with Gasteiger partial charge in [-0.15, -0.1) is 0 Å². The molecule has 0 N–H and O–H groups in total. The minimum absolute atomic E-state index is 0.242. The van der Waals surface area contributed by atoms with Crippen molar-refractivity contribution in [2.24, 2.45) is 0 Å². The van der Waals surface area contributed by atoms with Crippen LogP contribution in [0, 0.1) is 0 Å². The molecule has 0 saturated carbocycles. The molecule has 10 aromatic rings. The molecule has 0 fully saturated rings. The molecule has 10 aromatic carbocycles. The summed E-state index contributed by atoms with van der Waals surface area (Å²) in [6, 6.07) is 76.4. The lowest BCUT2D eigenvalue weighted by Gasteiger charge is -2.37. The Kier molecular flexibility index (Phi) is 7.96. The molecule has 296 valence electrons. The predicted octanol–water partition coefficient (Wildman–Crippen LogP) is 16.7. The number of hydrogen-bond donors (Lipinski definition) is 0. The van der Waals surface area contributed by atoms with Crippen LogP contribution in [0.15, 0.2) is 206 Å². The summed E-state index contributed by atoms with van der Waals surface area (Å²) in [5.41, 5.74) is 17.3. The topological polar surface area (TPSA) is 6.48 Å². The van der Waals surface area contributed by atoms with E-state index in [1.165, 1.54) is 88.2 Å². The SMILES string of the molecule is CC1(C)c2cc(N(c3ccccc3)c3cccc4ccccc34)ccc2-c2c1cc1c3c(cccc23)C(C)(C)c2cc(N(c3ccccc3)c3cccc4ccccc34)ccc2-1. The number of hydrogen-bond acceptors (Lipinski definition) is 2. The third-order valence-corrected chi connectivity index (χ3v) is 14.0. The number of nitrogens with zero attached hydrogens (tertiary/aromatic N) is 2. The lowest BCUT2D eigenvalue weighted by molar-refractivity contribution is 0.644. The fourth-order valence-electron chi connectivity index (χ4n) is 10.9. The highest BCUT2D eigenvalue weighted by atomic mass is 15.1. The normalized spacial score (nSPS) is 14.1. The smallest absolute Gasteiger partial charge is 0.0540 e. The second-order valence-electron chi connectivity index (χ2n) is 18.1. The van der Waals surface area contributed by atoms with Gasteiger partial charge in [-0.2, -0.15) is 0 Å². The highest BCUT2D eigenvalue weighted by molar-refractivity contribution is 6.13. The van der Waals surface area contributed by atoms with Crippen LogP contribution >= 0.6 is 0 Å². The summed E-state index contributed by atoms with van der Waals surface area (Å²) in [5, 5.41) is 7.65. The van der Waals surface area contributed by atoms with Crippen molar-refractivity contribution in [2.45, 2.75) is 38.5 Å². The van der Waals surface area contributed by atoms with E-state index in [0.717, 1.165) is 22.7 Å². The first-order valence-corrected chi connectivity index (χ1v) is 21.9. The monoisotopic (exact) mass is 794 g/mol. The Bertz CT molecular complexity index is 3400. The van der Waals surface area contributed by atoms with Crippen molar-refractivity contribution in [1.82, 2.24) is 0 Å². The Balaban J connectivity index is 1.04. The highest BCUT2D eigenvalue weighted by Gasteiger charge is 2.41. The maximum atomic E-state index is 2.55. The molecule has 0 amide bonds. The molecule has 0 radical (unpaired) electrons. The molecule has 0 unspecified atom stereocenters. The van der Waals surface area contributed by atoms with Crippen LogP contribution in [0.2, 0.25) is 0 Å². The second kappa shape index (κ2) is 13.5. The highest BCUT2D eigenvalue weighted by Crippen LogP contribution is 2.58. The molecule has 12 rings (SSSR count). The van der Waals surface area contributed by atoms with Crippen molar-refractivity contribution in [3.05, 3.63) is 229 Å². The maximum absolute atomic E-state index is 2.55. The van der Waals surface area contributed by atoms with E-state index in [-0.39, 0.29) is 10.8 Å². The average molecular weight is 795 g/mol. The van der Waals surface area contributed by atoms with E-state index in [1.54, 1.807) is 0 Å². The number of fused-ring (bicyclic) bond motifs is 8. The molecule has 2 heteroatoms. The summed E-state index contributed by atoms with van der Waals surface area (Å²) in [7, 11) is 0. The summed E-state index contributed by atoms with van der Waals surface area (Å²) in [6.07, 6.45) is 0. The number of para-hydroxylation sites is 2. The van der Waals surface area contributed by atoms with Crippen molar-refractivity contribution in [1.29, 1.82) is 0 Å². The minimum Gasteiger partial charge on any atom is -0.310 e. The van der Waals surface area contributed by atoms with Gasteiger partial charge in [0.25, 0.3) is 0 Å². The van der Waals surface area contributed by atoms with Crippen LogP contribution in [0.4, 0.5) is 34.1 Å². The number of anilines is 6. The van der Waals surface area contributed by atoms with Crippen molar-refractivity contribution in [3.63, 3.8) is 0 Å². The molecule has 0 aromatic heterocycles. The number of benzene rings is 10. The molecule has 0 heterocycles. The average Bonchev–Trinajstić information content (AvgIpc) is 3.54. The lowest BCUT2D eigenvalue weighted by Crippen LogP contribution is -2.25. The molecule has 2 aliphatic carbocycles. The van der Waals surface area contributed by atoms with Crippen LogP contribution in [-0.4, -0.2) is 0 Å². The zero-order valence-electron chi connectivity index (χ0n) is 35.5. The minimum atomic E-state index is -0.247. The molecule has 0 spiro atoms. The Morgan fingerprint density at radius 2 is 0.758 bits per heavy atom. The Morgan fingerprint density at radius 3 is 1.34 bits per heavy atom. The van der Waals surface area contributed by atoms with Crippen LogP contribution < -0.4 is 9.80 Å². The number of rotatable bonds is 6. The quantitative estimate of drug-likeness (QED) is 0.165. The molecular weight excluding hydrogens is 749 g/mol. The molecule has 0 aliphatic heterocycles. The summed E-state index contributed by atoms with van der Waals surface area (Å²) >= 11 is 0. The van der Waals surface area contributed by atoms with E-state index in [4.69, 9.17) is 0 Å². The summed E-state index contributed by atoms with van der Waals surface area (Å²) in [4.78, 5) is 4.87. The van der Waals surface area contributed by atoms with Crippen molar-refractivity contribution >= 4 is 66.4 Å². The van der Waals surface area contributed by atoms with E-state index in [2.05, 4.69) is 244 Å². The van der Waals surface area contributed by atoms with E-state index in [1.807, 2.05) is 0 Å². The standard InChI is InChI=1S/C60H46N2/c1-59(2)51-29-17-28-49-57-48-35-33-44(62(42-24-9-6-10-25-42)56-31-16-21-40-19-12-14-27-46(40)56)37-53(48)60(3,4)54(57)38-50(58(49)51)47-34-32-43(36-52(47)59)61(41-22-7-5-8-23-41)55-30-15-20-39-18-11-13-26-45(39)55/h5-38H,1-4H3. The Labute approximate surface area is 364 Å². The van der Waals surface area contributed by atoms with Crippen molar-refractivity contribution in [2.75, 3.05) is 9.80 Å². The van der Waals surface area contributed by atoms with E-state index >= 15 is 0 Å². The Hall–Kier alpha value is -7.42. The molecule has 0 saturated heterocycles. The molecule has 0 bridgehead atoms. The lowest BCUT2D eigenvalue weighted by atomic mass is 9.67. The van der Waals surface area contributed by atoms with E-state index in [0.29, 0.717) is 0 Å². The first-order valence-electron chi connectivity index (χ1n) is 21.9. The molecule has 2 aliphatic rings. The van der Waals surface area contributed by atoms with Gasteiger partial charge in [-0.3, -0.25) is 0 Å². The third-order valence-electron chi connectivity index (χ3n) is 14.0. The van der Waals surface area contributed by atoms with Gasteiger partial charge in [0.05, 0.1) is 11.4 Å². The molecule has 2 nitrogen and oxygen atoms in total. The van der Waals surface area contributed by atoms with Crippen LogP contribution in [0.25, 0.3) is 54.6 Å². The predicted molar refractivity (Wildman–Crippen MR) is 263 cm³/mol. The van der Waals surface area contributed by atoms with Gasteiger partial charge in [0.2, 0.25) is 0 Å². The second-order valence-corrected chi connectivity index (χ2v) is 18.1. The summed E-state index contributed by atoms with van der Waals surface area (Å²) in [5.74, 6) is 0. The van der Waals surface area contributed by atoms with Crippen LogP contribution in [0.3, 0.4) is 0 Å². The summed E-state index contributed by atoms with van der Waals surface area (Å²) in [6.45, 7) is 9.68. The van der Waals surface area contributed by atoms with Gasteiger partial charge < -0.3 is 9.80 Å². The van der Waals surface area contributed by atoms with Crippen molar-refractivity contribution in [3.8, 4) is 22.3 Å². The van der Waals surface area contributed by atoms with Gasteiger partial charge in [-0.25, -0.2) is 0 Å². The fourth-order valence-corrected chi connectivity index (χ4v) is 10.9. The largest absolute Gasteiger partial charge is 0.310 e. The van der Waals surface area contributed by atoms with Gasteiger partial charge in [0, 0.05) is 44.4 Å². The van der Waals surface area contributed by atoms with Crippen LogP contribution in [-0.2, 0) is 10.8 Å². The first-order chi connectivity index (χ1) is 30.3. The van der Waals surface area contributed by atoms with Gasteiger partial charge >= 0.3 is 0 Å². The fraction of sp³-hybridized carbons (Fsp3) is 0.100. The van der Waals surface area contributed by atoms with E-state index in [9.17, 15) is 0 Å². The first kappa shape index (κ1) is 36.4. The third kappa shape index (κ3) is 5.29. The van der Waals surface area contributed by atoms with E-state index < -0.39 is 0 Å². The summed E-state index contributed by atoms with van der Waals surface area (Å²) < 4.78 is 0. The zero-order chi connectivity index (χ0) is 41.7. The molecule has 0 atom stereocenters. The van der Waals surface area contributed by atoms with Gasteiger partial charge in [-0.05, 0) is 133 Å². The Morgan fingerprint density at radius 1 is 0.306 bits per heavy atom. The molecule has 62 heavy (non-hydrogen) atoms. The van der Waals surface area contributed by atoms with Crippen molar-refractivity contribution < 1.29 is 0 Å². The zero-order valence-corrected chi connectivity index (χ0v) is 35.5. The molecular formula is C60H46N2. The van der Waals surface area contributed by atoms with Gasteiger partial charge in [0.15, 0.2) is 0 Å². The van der Waals surface area contributed by atoms with Gasteiger partial charge in [0.1, 0.15) is 0 Å². The van der Waals surface area contributed by atoms with Gasteiger partial charge in [-0.1, -0.05) is 167 Å². The van der Waals surface area contributed by atoms with Crippen LogP contribution in [0.5, 0.6) is 0 Å².